The van der Waals surface area contributed by atoms with Crippen LogP contribution in [0.3, 0.4) is 0 Å². The molecule has 8 heteroatoms. The highest BCUT2D eigenvalue weighted by atomic mass is 32.1. The Balaban J connectivity index is 1.80. The molecule has 0 aliphatic carbocycles. The van der Waals surface area contributed by atoms with Crippen LogP contribution in [0.15, 0.2) is 41.8 Å². The Kier molecular flexibility index (Phi) is 10.0. The average molecular weight is 433 g/mol. The average Bonchev–Trinajstić information content (AvgIpc) is 3.30. The largest absolute Gasteiger partial charge is 0.467 e. The maximum Gasteiger partial charge on any atom is 0.328 e. The monoisotopic (exact) mass is 432 g/mol. The molecule has 0 aliphatic rings. The van der Waals surface area contributed by atoms with Crippen LogP contribution in [0, 0.1) is 0 Å². The van der Waals surface area contributed by atoms with Crippen molar-refractivity contribution >= 4 is 29.1 Å². The van der Waals surface area contributed by atoms with Crippen molar-refractivity contribution in [1.29, 1.82) is 0 Å². The van der Waals surface area contributed by atoms with Gasteiger partial charge in [-0.15, -0.1) is 11.3 Å². The van der Waals surface area contributed by atoms with E-state index in [9.17, 15) is 14.4 Å². The third kappa shape index (κ3) is 7.96. The fourth-order valence-electron chi connectivity index (χ4n) is 3.07. The minimum Gasteiger partial charge on any atom is -0.467 e. The molecule has 0 spiro atoms. The van der Waals surface area contributed by atoms with Crippen molar-refractivity contribution in [3.8, 4) is 10.4 Å². The third-order valence-electron chi connectivity index (χ3n) is 4.70. The van der Waals surface area contributed by atoms with Gasteiger partial charge in [-0.05, 0) is 35.4 Å². The molecule has 1 aromatic carbocycles. The number of hydrogen-bond acceptors (Lipinski definition) is 6. The standard InChI is InChI=1S/C22H28N2O5S/c1-29-22(27)18(23-20(25)8-4-2-3-5-9-21(26)24-28)15-16-10-12-17(13-11-16)19-7-6-14-30-19/h6-7,10-14,18,28H,2-5,8-9,15H2,1H3,(H,23,25)(H,24,26)/t18-/m0/s1. The number of ether oxygens (including phenoxy) is 1. The first kappa shape index (κ1) is 23.6. The molecule has 0 fully saturated rings. The lowest BCUT2D eigenvalue weighted by Crippen LogP contribution is -2.43. The van der Waals surface area contributed by atoms with Gasteiger partial charge in [-0.25, -0.2) is 10.3 Å². The molecule has 1 heterocycles. The van der Waals surface area contributed by atoms with Gasteiger partial charge in [0.2, 0.25) is 11.8 Å². The summed E-state index contributed by atoms with van der Waals surface area (Å²) < 4.78 is 4.85. The highest BCUT2D eigenvalue weighted by molar-refractivity contribution is 7.13. The van der Waals surface area contributed by atoms with Gasteiger partial charge in [-0.3, -0.25) is 14.8 Å². The molecule has 3 N–H and O–H groups in total. The maximum absolute atomic E-state index is 12.2. The first-order valence-corrected chi connectivity index (χ1v) is 10.8. The second kappa shape index (κ2) is 12.8. The molecule has 2 rings (SSSR count). The van der Waals surface area contributed by atoms with Crippen LogP contribution in [0.5, 0.6) is 0 Å². The summed E-state index contributed by atoms with van der Waals surface area (Å²) in [4.78, 5) is 36.5. The van der Waals surface area contributed by atoms with E-state index in [-0.39, 0.29) is 12.3 Å². The summed E-state index contributed by atoms with van der Waals surface area (Å²) in [6.07, 6.45) is 3.82. The van der Waals surface area contributed by atoms with Crippen LogP contribution in [0.4, 0.5) is 0 Å². The molecule has 2 aromatic rings. The molecule has 162 valence electrons. The van der Waals surface area contributed by atoms with Crippen LogP contribution in [-0.4, -0.2) is 36.1 Å². The highest BCUT2D eigenvalue weighted by Crippen LogP contribution is 2.25. The number of thiophene rings is 1. The molecule has 1 aromatic heterocycles. The first-order valence-electron chi connectivity index (χ1n) is 9.96. The van der Waals surface area contributed by atoms with Gasteiger partial charge in [0.05, 0.1) is 7.11 Å². The Morgan fingerprint density at radius 3 is 2.23 bits per heavy atom. The van der Waals surface area contributed by atoms with Crippen LogP contribution in [0.2, 0.25) is 0 Å². The zero-order valence-electron chi connectivity index (χ0n) is 17.1. The van der Waals surface area contributed by atoms with Gasteiger partial charge in [0.25, 0.3) is 0 Å². The normalized spacial score (nSPS) is 11.5. The molecule has 0 aliphatic heterocycles. The number of nitrogens with one attached hydrogen (secondary N) is 2. The summed E-state index contributed by atoms with van der Waals surface area (Å²) in [5.41, 5.74) is 3.65. The minimum absolute atomic E-state index is 0.200. The lowest BCUT2D eigenvalue weighted by Gasteiger charge is -2.17. The van der Waals surface area contributed by atoms with E-state index in [1.165, 1.54) is 12.0 Å². The van der Waals surface area contributed by atoms with Crippen molar-refractivity contribution in [2.24, 2.45) is 0 Å². The van der Waals surface area contributed by atoms with E-state index in [0.717, 1.165) is 24.0 Å². The van der Waals surface area contributed by atoms with Crippen molar-refractivity contribution in [2.75, 3.05) is 7.11 Å². The van der Waals surface area contributed by atoms with E-state index in [2.05, 4.69) is 11.4 Å². The maximum atomic E-state index is 12.2. The molecule has 1 atom stereocenters. The molecular formula is C22H28N2O5S. The number of hydroxylamine groups is 1. The second-order valence-electron chi connectivity index (χ2n) is 6.97. The minimum atomic E-state index is -0.733. The number of benzene rings is 1. The molecular weight excluding hydrogens is 404 g/mol. The van der Waals surface area contributed by atoms with Gasteiger partial charge in [-0.1, -0.05) is 43.2 Å². The van der Waals surface area contributed by atoms with Gasteiger partial charge in [0.15, 0.2) is 0 Å². The second-order valence-corrected chi connectivity index (χ2v) is 7.92. The molecule has 0 saturated heterocycles. The zero-order valence-corrected chi connectivity index (χ0v) is 17.9. The van der Waals surface area contributed by atoms with Gasteiger partial charge in [0, 0.05) is 24.1 Å². The topological polar surface area (TPSA) is 105 Å². The smallest absolute Gasteiger partial charge is 0.328 e. The highest BCUT2D eigenvalue weighted by Gasteiger charge is 2.21. The van der Waals surface area contributed by atoms with E-state index in [0.29, 0.717) is 25.7 Å². The van der Waals surface area contributed by atoms with Crippen molar-refractivity contribution in [3.63, 3.8) is 0 Å². The van der Waals surface area contributed by atoms with Crippen molar-refractivity contribution < 1.29 is 24.3 Å². The SMILES string of the molecule is COC(=O)[C@H](Cc1ccc(-c2cccs2)cc1)NC(=O)CCCCCCC(=O)NO. The Morgan fingerprint density at radius 1 is 1.00 bits per heavy atom. The van der Waals surface area contributed by atoms with Gasteiger partial charge in [0.1, 0.15) is 6.04 Å². The molecule has 0 radical (unpaired) electrons. The predicted octanol–water partition coefficient (Wildman–Crippen LogP) is 3.46. The van der Waals surface area contributed by atoms with E-state index < -0.39 is 17.9 Å². The van der Waals surface area contributed by atoms with Crippen molar-refractivity contribution in [1.82, 2.24) is 10.8 Å². The van der Waals surface area contributed by atoms with Crippen molar-refractivity contribution in [3.05, 3.63) is 47.3 Å². The van der Waals surface area contributed by atoms with E-state index in [1.807, 2.05) is 35.7 Å². The van der Waals surface area contributed by atoms with E-state index in [4.69, 9.17) is 9.94 Å². The van der Waals surface area contributed by atoms with E-state index >= 15 is 0 Å². The van der Waals surface area contributed by atoms with E-state index in [1.54, 1.807) is 16.8 Å². The van der Waals surface area contributed by atoms with Crippen molar-refractivity contribution in [2.45, 2.75) is 51.0 Å². The third-order valence-corrected chi connectivity index (χ3v) is 5.62. The number of carbonyl (C=O) groups is 3. The summed E-state index contributed by atoms with van der Waals surface area (Å²) in [5, 5.41) is 13.2. The Hall–Kier alpha value is -2.71. The fraction of sp³-hybridized carbons (Fsp3) is 0.409. The predicted molar refractivity (Wildman–Crippen MR) is 115 cm³/mol. The van der Waals surface area contributed by atoms with Crippen LogP contribution in [0.1, 0.15) is 44.1 Å². The number of amides is 2. The van der Waals surface area contributed by atoms with Crippen LogP contribution >= 0.6 is 11.3 Å². The fourth-order valence-corrected chi connectivity index (χ4v) is 3.80. The summed E-state index contributed by atoms with van der Waals surface area (Å²) in [7, 11) is 1.31. The van der Waals surface area contributed by atoms with Crippen LogP contribution in [0.25, 0.3) is 10.4 Å². The van der Waals surface area contributed by atoms with Gasteiger partial charge < -0.3 is 10.1 Å². The molecule has 0 bridgehead atoms. The summed E-state index contributed by atoms with van der Waals surface area (Å²) in [5.74, 6) is -1.08. The van der Waals surface area contributed by atoms with Gasteiger partial charge >= 0.3 is 5.97 Å². The summed E-state index contributed by atoms with van der Waals surface area (Å²) in [6, 6.07) is 11.3. The number of carbonyl (C=O) groups excluding carboxylic acids is 3. The molecule has 2 amide bonds. The van der Waals surface area contributed by atoms with Gasteiger partial charge in [-0.2, -0.15) is 0 Å². The first-order chi connectivity index (χ1) is 14.5. The lowest BCUT2D eigenvalue weighted by atomic mass is 10.0. The number of unbranched alkanes of at least 4 members (excludes halogenated alkanes) is 3. The zero-order chi connectivity index (χ0) is 21.8. The number of hydrogen-bond donors (Lipinski definition) is 3. The van der Waals surface area contributed by atoms with Crippen LogP contribution < -0.4 is 10.8 Å². The summed E-state index contributed by atoms with van der Waals surface area (Å²) >= 11 is 1.67. The quantitative estimate of drug-likeness (QED) is 0.206. The summed E-state index contributed by atoms with van der Waals surface area (Å²) in [6.45, 7) is 0. The lowest BCUT2D eigenvalue weighted by molar-refractivity contribution is -0.145. The molecule has 7 nitrogen and oxygen atoms in total. The Morgan fingerprint density at radius 2 is 1.67 bits per heavy atom. The van der Waals surface area contributed by atoms with Crippen LogP contribution in [-0.2, 0) is 25.5 Å². The number of esters is 1. The number of rotatable bonds is 12. The molecule has 0 saturated carbocycles. The molecule has 0 unspecified atom stereocenters. The Bertz CT molecular complexity index is 805. The number of methoxy groups -OCH3 is 1. The molecule has 30 heavy (non-hydrogen) atoms. The Labute approximate surface area is 180 Å².